The van der Waals surface area contributed by atoms with Crippen LogP contribution in [0.3, 0.4) is 0 Å². The number of rotatable bonds is 4. The molecule has 3 N–H and O–H groups in total. The lowest BCUT2D eigenvalue weighted by molar-refractivity contribution is -0.132. The normalized spacial score (nSPS) is 17.6. The van der Waals surface area contributed by atoms with Crippen molar-refractivity contribution in [1.29, 1.82) is 0 Å². The zero-order chi connectivity index (χ0) is 11.3. The van der Waals surface area contributed by atoms with Gasteiger partial charge in [0.15, 0.2) is 0 Å². The lowest BCUT2D eigenvalue weighted by Gasteiger charge is -2.15. The molecular formula is C10H19N3O2. The summed E-state index contributed by atoms with van der Waals surface area (Å²) in [6.07, 6.45) is 2.41. The molecule has 1 atom stereocenters. The number of hydrogen-bond acceptors (Lipinski definition) is 3. The molecule has 0 radical (unpaired) electrons. The third kappa shape index (κ3) is 4.29. The Kier molecular flexibility index (Phi) is 4.55. The molecule has 1 saturated heterocycles. The van der Waals surface area contributed by atoms with E-state index in [9.17, 15) is 9.59 Å². The molecule has 1 aliphatic rings. The number of amides is 2. The van der Waals surface area contributed by atoms with Crippen LogP contribution in [0.4, 0.5) is 0 Å². The first-order valence-corrected chi connectivity index (χ1v) is 5.39. The number of carbonyl (C=O) groups is 2. The van der Waals surface area contributed by atoms with Gasteiger partial charge < -0.3 is 16.0 Å². The molecule has 1 rings (SSSR count). The Labute approximate surface area is 90.0 Å². The maximum atomic E-state index is 11.5. The van der Waals surface area contributed by atoms with Crippen LogP contribution in [0, 0.1) is 0 Å². The molecule has 1 fully saturated rings. The van der Waals surface area contributed by atoms with Gasteiger partial charge in [0.1, 0.15) is 0 Å². The minimum Gasteiger partial charge on any atom is -0.347 e. The summed E-state index contributed by atoms with van der Waals surface area (Å²) in [7, 11) is 0. The van der Waals surface area contributed by atoms with E-state index in [1.807, 2.05) is 0 Å². The minimum absolute atomic E-state index is 0.00512. The number of carbonyl (C=O) groups excluding carboxylic acids is 2. The van der Waals surface area contributed by atoms with Crippen LogP contribution < -0.4 is 11.1 Å². The van der Waals surface area contributed by atoms with Crippen LogP contribution in [-0.4, -0.2) is 42.4 Å². The topological polar surface area (TPSA) is 75.4 Å². The molecule has 0 bridgehead atoms. The SMILES string of the molecule is CC(N)CC(=O)NCC(=O)N1CCCC1. The van der Waals surface area contributed by atoms with Crippen molar-refractivity contribution in [3.8, 4) is 0 Å². The first-order chi connectivity index (χ1) is 7.09. The fourth-order valence-electron chi connectivity index (χ4n) is 1.62. The monoisotopic (exact) mass is 213 g/mol. The number of nitrogens with zero attached hydrogens (tertiary/aromatic N) is 1. The van der Waals surface area contributed by atoms with Gasteiger partial charge in [0.25, 0.3) is 0 Å². The summed E-state index contributed by atoms with van der Waals surface area (Å²) < 4.78 is 0. The van der Waals surface area contributed by atoms with Gasteiger partial charge >= 0.3 is 0 Å². The van der Waals surface area contributed by atoms with Gasteiger partial charge in [-0.25, -0.2) is 0 Å². The van der Waals surface area contributed by atoms with Crippen LogP contribution in [0.25, 0.3) is 0 Å². The van der Waals surface area contributed by atoms with Crippen LogP contribution in [0.1, 0.15) is 26.2 Å². The molecule has 0 aromatic heterocycles. The number of likely N-dealkylation sites (tertiary alicyclic amines) is 1. The first kappa shape index (κ1) is 12.0. The van der Waals surface area contributed by atoms with Crippen molar-refractivity contribution in [2.75, 3.05) is 19.6 Å². The van der Waals surface area contributed by atoms with Crippen molar-refractivity contribution in [3.05, 3.63) is 0 Å². The fourth-order valence-corrected chi connectivity index (χ4v) is 1.62. The number of hydrogen-bond donors (Lipinski definition) is 2. The lowest BCUT2D eigenvalue weighted by Crippen LogP contribution is -2.39. The zero-order valence-corrected chi connectivity index (χ0v) is 9.16. The van der Waals surface area contributed by atoms with Crippen molar-refractivity contribution in [2.24, 2.45) is 5.73 Å². The summed E-state index contributed by atoms with van der Waals surface area (Å²) >= 11 is 0. The van der Waals surface area contributed by atoms with Gasteiger partial charge in [-0.15, -0.1) is 0 Å². The van der Waals surface area contributed by atoms with Gasteiger partial charge in [0, 0.05) is 25.6 Å². The molecule has 0 aliphatic carbocycles. The molecule has 1 aliphatic heterocycles. The molecule has 1 unspecified atom stereocenters. The maximum absolute atomic E-state index is 11.5. The summed E-state index contributed by atoms with van der Waals surface area (Å²) in [6.45, 7) is 3.51. The van der Waals surface area contributed by atoms with E-state index < -0.39 is 0 Å². The van der Waals surface area contributed by atoms with Crippen LogP contribution in [0.15, 0.2) is 0 Å². The molecule has 86 valence electrons. The Morgan fingerprint density at radius 1 is 1.40 bits per heavy atom. The van der Waals surface area contributed by atoms with E-state index in [0.717, 1.165) is 25.9 Å². The largest absolute Gasteiger partial charge is 0.347 e. The Balaban J connectivity index is 2.18. The highest BCUT2D eigenvalue weighted by atomic mass is 16.2. The van der Waals surface area contributed by atoms with Crippen molar-refractivity contribution in [3.63, 3.8) is 0 Å². The van der Waals surface area contributed by atoms with E-state index in [0.29, 0.717) is 0 Å². The van der Waals surface area contributed by atoms with E-state index in [4.69, 9.17) is 5.73 Å². The fraction of sp³-hybridized carbons (Fsp3) is 0.800. The molecule has 5 heteroatoms. The Bertz CT molecular complexity index is 235. The summed E-state index contributed by atoms with van der Waals surface area (Å²) in [5.41, 5.74) is 5.47. The van der Waals surface area contributed by atoms with E-state index in [1.165, 1.54) is 0 Å². The van der Waals surface area contributed by atoms with Crippen LogP contribution in [-0.2, 0) is 9.59 Å². The molecule has 5 nitrogen and oxygen atoms in total. The number of nitrogens with one attached hydrogen (secondary N) is 1. The summed E-state index contributed by atoms with van der Waals surface area (Å²) in [5.74, 6) is -0.150. The quantitative estimate of drug-likeness (QED) is 0.658. The van der Waals surface area contributed by atoms with Crippen LogP contribution in [0.5, 0.6) is 0 Å². The molecule has 0 spiro atoms. The highest BCUT2D eigenvalue weighted by Crippen LogP contribution is 2.06. The van der Waals surface area contributed by atoms with Crippen LogP contribution >= 0.6 is 0 Å². The summed E-state index contributed by atoms with van der Waals surface area (Å²) in [4.78, 5) is 24.5. The molecule has 1 heterocycles. The van der Waals surface area contributed by atoms with E-state index in [1.54, 1.807) is 11.8 Å². The molecule has 15 heavy (non-hydrogen) atoms. The smallest absolute Gasteiger partial charge is 0.241 e. The van der Waals surface area contributed by atoms with Gasteiger partial charge in [0.2, 0.25) is 11.8 Å². The second-order valence-corrected chi connectivity index (χ2v) is 4.05. The first-order valence-electron chi connectivity index (χ1n) is 5.39. The average Bonchev–Trinajstić information content (AvgIpc) is 2.65. The maximum Gasteiger partial charge on any atom is 0.241 e. The zero-order valence-electron chi connectivity index (χ0n) is 9.16. The van der Waals surface area contributed by atoms with Gasteiger partial charge in [-0.3, -0.25) is 9.59 Å². The van der Waals surface area contributed by atoms with Gasteiger partial charge in [-0.1, -0.05) is 0 Å². The third-order valence-electron chi connectivity index (χ3n) is 2.40. The Morgan fingerprint density at radius 3 is 2.53 bits per heavy atom. The molecule has 0 aromatic carbocycles. The lowest BCUT2D eigenvalue weighted by atomic mass is 10.2. The van der Waals surface area contributed by atoms with Crippen molar-refractivity contribution >= 4 is 11.8 Å². The third-order valence-corrected chi connectivity index (χ3v) is 2.40. The predicted octanol–water partition coefficient (Wildman–Crippen LogP) is -0.538. The van der Waals surface area contributed by atoms with Crippen molar-refractivity contribution in [1.82, 2.24) is 10.2 Å². The van der Waals surface area contributed by atoms with Crippen LogP contribution in [0.2, 0.25) is 0 Å². The highest BCUT2D eigenvalue weighted by Gasteiger charge is 2.18. The van der Waals surface area contributed by atoms with E-state index >= 15 is 0 Å². The molecule has 2 amide bonds. The summed E-state index contributed by atoms with van der Waals surface area (Å²) in [6, 6.07) is -0.160. The molecule has 0 saturated carbocycles. The number of nitrogens with two attached hydrogens (primary N) is 1. The Hall–Kier alpha value is -1.10. The average molecular weight is 213 g/mol. The second-order valence-electron chi connectivity index (χ2n) is 4.05. The second kappa shape index (κ2) is 5.70. The van der Waals surface area contributed by atoms with Crippen molar-refractivity contribution < 1.29 is 9.59 Å². The molecular weight excluding hydrogens is 194 g/mol. The van der Waals surface area contributed by atoms with E-state index in [2.05, 4.69) is 5.32 Å². The van der Waals surface area contributed by atoms with Gasteiger partial charge in [-0.05, 0) is 19.8 Å². The standard InChI is InChI=1S/C10H19N3O2/c1-8(11)6-9(14)12-7-10(15)13-4-2-3-5-13/h8H,2-7,11H2,1H3,(H,12,14). The summed E-state index contributed by atoms with van der Waals surface area (Å²) in [5, 5.41) is 2.58. The Morgan fingerprint density at radius 2 is 2.00 bits per heavy atom. The van der Waals surface area contributed by atoms with E-state index in [-0.39, 0.29) is 30.8 Å². The predicted molar refractivity (Wildman–Crippen MR) is 57.1 cm³/mol. The van der Waals surface area contributed by atoms with Crippen molar-refractivity contribution in [2.45, 2.75) is 32.2 Å². The van der Waals surface area contributed by atoms with Gasteiger partial charge in [0.05, 0.1) is 6.54 Å². The van der Waals surface area contributed by atoms with Gasteiger partial charge in [-0.2, -0.15) is 0 Å². The highest BCUT2D eigenvalue weighted by molar-refractivity contribution is 5.85. The minimum atomic E-state index is -0.160. The molecule has 0 aromatic rings.